The summed E-state index contributed by atoms with van der Waals surface area (Å²) in [6.45, 7) is 0. The van der Waals surface area contributed by atoms with Crippen molar-refractivity contribution in [2.75, 3.05) is 12.4 Å². The minimum absolute atomic E-state index is 0.122. The van der Waals surface area contributed by atoms with Crippen LogP contribution in [0.3, 0.4) is 0 Å². The zero-order valence-electron chi connectivity index (χ0n) is 11.3. The molecule has 1 amide bonds. The van der Waals surface area contributed by atoms with E-state index in [1.165, 1.54) is 7.11 Å². The number of amides is 1. The van der Waals surface area contributed by atoms with Crippen molar-refractivity contribution < 1.29 is 14.3 Å². The van der Waals surface area contributed by atoms with E-state index in [4.69, 9.17) is 16.3 Å². The highest BCUT2D eigenvalue weighted by Crippen LogP contribution is 2.33. The third kappa shape index (κ3) is 2.50. The van der Waals surface area contributed by atoms with Crippen molar-refractivity contribution >= 4 is 29.0 Å². The van der Waals surface area contributed by atoms with Crippen molar-refractivity contribution in [2.45, 2.75) is 6.42 Å². The minimum atomic E-state index is -0.177. The van der Waals surface area contributed by atoms with Crippen molar-refractivity contribution in [3.8, 4) is 5.75 Å². The number of rotatable bonds is 3. The van der Waals surface area contributed by atoms with Crippen LogP contribution in [0.5, 0.6) is 5.75 Å². The second-order valence-electron chi connectivity index (χ2n) is 4.77. The number of carbonyl (C=O) groups excluding carboxylic acids is 2. The predicted octanol–water partition coefficient (Wildman–Crippen LogP) is 3.07. The third-order valence-corrected chi connectivity index (χ3v) is 3.65. The van der Waals surface area contributed by atoms with E-state index in [-0.39, 0.29) is 18.1 Å². The number of fused-ring (bicyclic) bond motifs is 1. The quantitative estimate of drug-likeness (QED) is 0.886. The molecule has 1 heterocycles. The standard InChI is InChI=1S/C16H12ClNO3/c1-21-12-6-10-7-14(19)18-15(10)13(8-12)16(20)9-2-4-11(17)5-3-9/h2-6,8H,7H2,1H3,(H,18,19). The molecular formula is C16H12ClNO3. The average molecular weight is 302 g/mol. The van der Waals surface area contributed by atoms with Crippen molar-refractivity contribution in [3.63, 3.8) is 0 Å². The Kier molecular flexibility index (Phi) is 3.39. The van der Waals surface area contributed by atoms with Gasteiger partial charge in [-0.15, -0.1) is 0 Å². The van der Waals surface area contributed by atoms with Crippen LogP contribution in [0.1, 0.15) is 21.5 Å². The number of halogens is 1. The fourth-order valence-electron chi connectivity index (χ4n) is 2.37. The van der Waals surface area contributed by atoms with Crippen molar-refractivity contribution in [2.24, 2.45) is 0 Å². The van der Waals surface area contributed by atoms with Gasteiger partial charge in [-0.3, -0.25) is 9.59 Å². The van der Waals surface area contributed by atoms with E-state index < -0.39 is 0 Å². The maximum Gasteiger partial charge on any atom is 0.228 e. The zero-order valence-corrected chi connectivity index (χ0v) is 12.0. The van der Waals surface area contributed by atoms with Crippen LogP contribution in [0.2, 0.25) is 5.02 Å². The number of hydrogen-bond donors (Lipinski definition) is 1. The second-order valence-corrected chi connectivity index (χ2v) is 5.21. The van der Waals surface area contributed by atoms with Crippen LogP contribution >= 0.6 is 11.6 Å². The summed E-state index contributed by atoms with van der Waals surface area (Å²) in [4.78, 5) is 24.2. The molecule has 106 valence electrons. The largest absolute Gasteiger partial charge is 0.497 e. The Hall–Kier alpha value is -2.33. The second kappa shape index (κ2) is 5.22. The first-order valence-corrected chi connectivity index (χ1v) is 6.77. The summed E-state index contributed by atoms with van der Waals surface area (Å²) >= 11 is 5.83. The number of ether oxygens (including phenoxy) is 1. The van der Waals surface area contributed by atoms with Gasteiger partial charge in [-0.25, -0.2) is 0 Å². The van der Waals surface area contributed by atoms with Gasteiger partial charge < -0.3 is 10.1 Å². The zero-order chi connectivity index (χ0) is 15.0. The molecule has 1 aliphatic heterocycles. The summed E-state index contributed by atoms with van der Waals surface area (Å²) in [5.74, 6) is 0.259. The molecule has 0 bridgehead atoms. The molecule has 1 aliphatic rings. The Balaban J connectivity index is 2.09. The van der Waals surface area contributed by atoms with Gasteiger partial charge in [0.1, 0.15) is 5.75 Å². The van der Waals surface area contributed by atoms with Gasteiger partial charge in [0.25, 0.3) is 0 Å². The van der Waals surface area contributed by atoms with Gasteiger partial charge in [-0.05, 0) is 42.0 Å². The lowest BCUT2D eigenvalue weighted by molar-refractivity contribution is -0.115. The van der Waals surface area contributed by atoms with E-state index in [9.17, 15) is 9.59 Å². The van der Waals surface area contributed by atoms with Gasteiger partial charge >= 0.3 is 0 Å². The molecule has 5 heteroatoms. The summed E-state index contributed by atoms with van der Waals surface area (Å²) in [6, 6.07) is 10.1. The summed E-state index contributed by atoms with van der Waals surface area (Å²) in [6.07, 6.45) is 0.257. The average Bonchev–Trinajstić information content (AvgIpc) is 2.86. The normalized spacial score (nSPS) is 12.8. The molecule has 0 aliphatic carbocycles. The van der Waals surface area contributed by atoms with Crippen LogP contribution in [0.15, 0.2) is 36.4 Å². The van der Waals surface area contributed by atoms with Gasteiger partial charge in [0.2, 0.25) is 5.91 Å². The van der Waals surface area contributed by atoms with Crippen LogP contribution < -0.4 is 10.1 Å². The van der Waals surface area contributed by atoms with E-state index in [0.717, 1.165) is 5.56 Å². The number of hydrogen-bond acceptors (Lipinski definition) is 3. The lowest BCUT2D eigenvalue weighted by Crippen LogP contribution is -2.08. The number of ketones is 1. The summed E-state index contributed by atoms with van der Waals surface area (Å²) in [7, 11) is 1.53. The Morgan fingerprint density at radius 1 is 1.24 bits per heavy atom. The minimum Gasteiger partial charge on any atom is -0.497 e. The number of methoxy groups -OCH3 is 1. The predicted molar refractivity (Wildman–Crippen MR) is 80.2 cm³/mol. The Labute approximate surface area is 126 Å². The summed E-state index contributed by atoms with van der Waals surface area (Å²) in [5, 5.41) is 3.30. The highest BCUT2D eigenvalue weighted by molar-refractivity contribution is 6.30. The first kappa shape index (κ1) is 13.6. The van der Waals surface area contributed by atoms with Gasteiger partial charge in [-0.1, -0.05) is 11.6 Å². The maximum absolute atomic E-state index is 12.6. The fourth-order valence-corrected chi connectivity index (χ4v) is 2.50. The van der Waals surface area contributed by atoms with E-state index in [1.807, 2.05) is 0 Å². The smallest absolute Gasteiger partial charge is 0.228 e. The number of carbonyl (C=O) groups is 2. The highest BCUT2D eigenvalue weighted by Gasteiger charge is 2.25. The van der Waals surface area contributed by atoms with Gasteiger partial charge in [0.05, 0.1) is 24.8 Å². The molecule has 2 aromatic carbocycles. The summed E-state index contributed by atoms with van der Waals surface area (Å²) < 4.78 is 5.21. The maximum atomic E-state index is 12.6. The molecule has 4 nitrogen and oxygen atoms in total. The van der Waals surface area contributed by atoms with Crippen LogP contribution in [0.4, 0.5) is 5.69 Å². The summed E-state index contributed by atoms with van der Waals surface area (Å²) in [5.41, 5.74) is 2.28. The molecule has 0 unspecified atom stereocenters. The molecule has 21 heavy (non-hydrogen) atoms. The molecule has 0 atom stereocenters. The van der Waals surface area contributed by atoms with Crippen LogP contribution in [-0.4, -0.2) is 18.8 Å². The highest BCUT2D eigenvalue weighted by atomic mass is 35.5. The monoisotopic (exact) mass is 301 g/mol. The van der Waals surface area contributed by atoms with Crippen molar-refractivity contribution in [1.82, 2.24) is 0 Å². The first-order chi connectivity index (χ1) is 10.1. The van der Waals surface area contributed by atoms with Crippen LogP contribution in [0.25, 0.3) is 0 Å². The van der Waals surface area contributed by atoms with E-state index >= 15 is 0 Å². The Morgan fingerprint density at radius 3 is 2.62 bits per heavy atom. The van der Waals surface area contributed by atoms with Crippen LogP contribution in [-0.2, 0) is 11.2 Å². The molecular weight excluding hydrogens is 290 g/mol. The molecule has 2 aromatic rings. The van der Waals surface area contributed by atoms with Gasteiger partial charge in [-0.2, -0.15) is 0 Å². The molecule has 1 N–H and O–H groups in total. The van der Waals surface area contributed by atoms with E-state index in [2.05, 4.69) is 5.32 Å². The number of nitrogens with one attached hydrogen (secondary N) is 1. The molecule has 0 aromatic heterocycles. The molecule has 0 saturated carbocycles. The van der Waals surface area contributed by atoms with E-state index in [1.54, 1.807) is 36.4 Å². The Morgan fingerprint density at radius 2 is 1.95 bits per heavy atom. The fraction of sp³-hybridized carbons (Fsp3) is 0.125. The van der Waals surface area contributed by atoms with Gasteiger partial charge in [0.15, 0.2) is 5.78 Å². The SMILES string of the molecule is COc1cc2c(c(C(=O)c3ccc(Cl)cc3)c1)NC(=O)C2. The lowest BCUT2D eigenvalue weighted by atomic mass is 9.98. The molecule has 0 radical (unpaired) electrons. The van der Waals surface area contributed by atoms with Crippen molar-refractivity contribution in [1.29, 1.82) is 0 Å². The topological polar surface area (TPSA) is 55.4 Å². The number of benzene rings is 2. The lowest BCUT2D eigenvalue weighted by Gasteiger charge is -2.10. The third-order valence-electron chi connectivity index (χ3n) is 3.40. The van der Waals surface area contributed by atoms with Gasteiger partial charge in [0, 0.05) is 10.6 Å². The van der Waals surface area contributed by atoms with Crippen LogP contribution in [0, 0.1) is 0 Å². The molecule has 0 spiro atoms. The molecule has 3 rings (SSSR count). The first-order valence-electron chi connectivity index (χ1n) is 6.39. The molecule has 0 fully saturated rings. The van der Waals surface area contributed by atoms with E-state index in [0.29, 0.717) is 27.6 Å². The number of anilines is 1. The van der Waals surface area contributed by atoms with Crippen molar-refractivity contribution in [3.05, 3.63) is 58.1 Å². The Bertz CT molecular complexity index is 738. The molecule has 0 saturated heterocycles.